The Morgan fingerprint density at radius 2 is 2.14 bits per heavy atom. The van der Waals surface area contributed by atoms with Crippen LogP contribution in [0.15, 0.2) is 23.2 Å². The fourth-order valence-corrected chi connectivity index (χ4v) is 3.68. The number of carbonyl (C=O) groups is 1. The molecule has 1 amide bonds. The van der Waals surface area contributed by atoms with Crippen molar-refractivity contribution in [2.45, 2.75) is 38.0 Å². The summed E-state index contributed by atoms with van der Waals surface area (Å²) in [5.74, 6) is 0.642. The summed E-state index contributed by atoms with van der Waals surface area (Å²) in [5, 5.41) is 9.34. The van der Waals surface area contributed by atoms with Crippen LogP contribution in [0.25, 0.3) is 0 Å². The van der Waals surface area contributed by atoms with Crippen LogP contribution in [0.4, 0.5) is 10.5 Å². The van der Waals surface area contributed by atoms with Crippen molar-refractivity contribution in [1.82, 2.24) is 4.90 Å². The molecule has 5 heteroatoms. The van der Waals surface area contributed by atoms with Gasteiger partial charge < -0.3 is 14.7 Å². The number of rotatable bonds is 0. The Morgan fingerprint density at radius 1 is 1.41 bits per heavy atom. The molecule has 0 aromatic heterocycles. The van der Waals surface area contributed by atoms with E-state index in [2.05, 4.69) is 31.8 Å². The molecule has 2 aliphatic rings. The monoisotopic (exact) mass is 302 g/mol. The summed E-state index contributed by atoms with van der Waals surface area (Å²) >= 11 is 0. The molecule has 2 aliphatic heterocycles. The van der Waals surface area contributed by atoms with Crippen LogP contribution in [0.2, 0.25) is 0 Å². The van der Waals surface area contributed by atoms with Gasteiger partial charge in [0.15, 0.2) is 0 Å². The molecule has 1 fully saturated rings. The van der Waals surface area contributed by atoms with E-state index in [1.807, 2.05) is 12.1 Å². The number of carboxylic acid groups (broad SMARTS) is 1. The van der Waals surface area contributed by atoms with Crippen LogP contribution in [-0.2, 0) is 15.6 Å². The average molecular weight is 302 g/mol. The lowest BCUT2D eigenvalue weighted by Crippen LogP contribution is -2.40. The molecule has 1 aromatic carbocycles. The molecule has 5 nitrogen and oxygen atoms in total. The van der Waals surface area contributed by atoms with Gasteiger partial charge >= 0.3 is 6.09 Å². The van der Waals surface area contributed by atoms with Crippen molar-refractivity contribution in [2.24, 2.45) is 4.99 Å². The Bertz CT molecular complexity index is 660. The summed E-state index contributed by atoms with van der Waals surface area (Å²) in [4.78, 5) is 17.5. The predicted octanol–water partition coefficient (Wildman–Crippen LogP) is 3.30. The van der Waals surface area contributed by atoms with Crippen molar-refractivity contribution in [3.05, 3.63) is 29.3 Å². The number of ether oxygens (including phenoxy) is 1. The maximum atomic E-state index is 11.4. The first kappa shape index (κ1) is 14.9. The first-order chi connectivity index (χ1) is 10.3. The molecule has 3 rings (SSSR count). The van der Waals surface area contributed by atoms with Gasteiger partial charge in [0.05, 0.1) is 18.2 Å². The Kier molecular flexibility index (Phi) is 3.20. The Hall–Kier alpha value is -2.04. The number of nitrogens with zero attached hydrogens (tertiary/aromatic N) is 2. The molecule has 1 N–H and O–H groups in total. The molecule has 1 atom stereocenters. The van der Waals surface area contributed by atoms with Gasteiger partial charge in [-0.1, -0.05) is 32.9 Å². The normalized spacial score (nSPS) is 23.6. The standard InChI is InChI=1S/C17H22N2O3/c1-16(2,3)11-6-5-7-12-13(11)17(14(18-12)22-4)8-9-19(10-17)15(20)21/h5-7H,8-10H2,1-4H3,(H,20,21). The number of amides is 1. The third-order valence-electron chi connectivity index (χ3n) is 4.69. The minimum absolute atomic E-state index is 0.0340. The van der Waals surface area contributed by atoms with E-state index in [4.69, 9.17) is 4.74 Å². The minimum atomic E-state index is -0.881. The van der Waals surface area contributed by atoms with Crippen LogP contribution in [0.3, 0.4) is 0 Å². The van der Waals surface area contributed by atoms with Gasteiger partial charge in [0.2, 0.25) is 5.90 Å². The zero-order chi connectivity index (χ0) is 16.1. The third-order valence-corrected chi connectivity index (χ3v) is 4.69. The molecule has 0 radical (unpaired) electrons. The van der Waals surface area contributed by atoms with Gasteiger partial charge in [0.25, 0.3) is 0 Å². The van der Waals surface area contributed by atoms with Gasteiger partial charge in [-0.25, -0.2) is 9.79 Å². The first-order valence-corrected chi connectivity index (χ1v) is 7.54. The molecule has 118 valence electrons. The van der Waals surface area contributed by atoms with Crippen LogP contribution in [0.5, 0.6) is 0 Å². The second-order valence-electron chi connectivity index (χ2n) is 7.11. The fraction of sp³-hybridized carbons (Fsp3) is 0.529. The van der Waals surface area contributed by atoms with E-state index >= 15 is 0 Å². The average Bonchev–Trinajstić information content (AvgIpc) is 3.01. The molecular formula is C17H22N2O3. The molecule has 0 bridgehead atoms. The lowest BCUT2D eigenvalue weighted by molar-refractivity contribution is 0.154. The second-order valence-corrected chi connectivity index (χ2v) is 7.11. The van der Waals surface area contributed by atoms with Crippen LogP contribution in [0.1, 0.15) is 38.3 Å². The van der Waals surface area contributed by atoms with Crippen LogP contribution >= 0.6 is 0 Å². The van der Waals surface area contributed by atoms with E-state index in [1.165, 1.54) is 10.5 Å². The maximum absolute atomic E-state index is 11.4. The number of likely N-dealkylation sites (tertiary alicyclic amines) is 1. The van der Waals surface area contributed by atoms with Crippen molar-refractivity contribution >= 4 is 17.7 Å². The third kappa shape index (κ3) is 1.99. The van der Waals surface area contributed by atoms with Gasteiger partial charge in [-0.3, -0.25) is 0 Å². The highest BCUT2D eigenvalue weighted by Gasteiger charge is 2.52. The van der Waals surface area contributed by atoms with Crippen LogP contribution < -0.4 is 0 Å². The zero-order valence-corrected chi connectivity index (χ0v) is 13.5. The summed E-state index contributed by atoms with van der Waals surface area (Å²) in [6.45, 7) is 7.44. The Labute approximate surface area is 130 Å². The van der Waals surface area contributed by atoms with Gasteiger partial charge in [0, 0.05) is 13.1 Å². The van der Waals surface area contributed by atoms with Crippen molar-refractivity contribution in [2.75, 3.05) is 20.2 Å². The molecule has 2 heterocycles. The van der Waals surface area contributed by atoms with Gasteiger partial charge in [-0.15, -0.1) is 0 Å². The van der Waals surface area contributed by atoms with Gasteiger partial charge in [-0.2, -0.15) is 0 Å². The summed E-state index contributed by atoms with van der Waals surface area (Å²) in [7, 11) is 1.62. The topological polar surface area (TPSA) is 62.1 Å². The van der Waals surface area contributed by atoms with E-state index in [9.17, 15) is 9.90 Å². The molecular weight excluding hydrogens is 280 g/mol. The Morgan fingerprint density at radius 3 is 2.68 bits per heavy atom. The molecule has 0 saturated carbocycles. The van der Waals surface area contributed by atoms with Gasteiger partial charge in [-0.05, 0) is 29.0 Å². The van der Waals surface area contributed by atoms with E-state index in [0.29, 0.717) is 25.4 Å². The highest BCUT2D eigenvalue weighted by Crippen LogP contribution is 2.50. The smallest absolute Gasteiger partial charge is 0.407 e. The summed E-state index contributed by atoms with van der Waals surface area (Å²) in [5.41, 5.74) is 2.80. The fourth-order valence-electron chi connectivity index (χ4n) is 3.68. The van der Waals surface area contributed by atoms with E-state index < -0.39 is 11.5 Å². The first-order valence-electron chi connectivity index (χ1n) is 7.54. The highest BCUT2D eigenvalue weighted by molar-refractivity contribution is 5.98. The number of hydrogen-bond acceptors (Lipinski definition) is 3. The van der Waals surface area contributed by atoms with Crippen LogP contribution in [-0.4, -0.2) is 42.2 Å². The van der Waals surface area contributed by atoms with Crippen molar-refractivity contribution in [1.29, 1.82) is 0 Å². The van der Waals surface area contributed by atoms with Crippen molar-refractivity contribution in [3.8, 4) is 0 Å². The quantitative estimate of drug-likeness (QED) is 0.800. The van der Waals surface area contributed by atoms with Gasteiger partial charge in [0.1, 0.15) is 0 Å². The largest absolute Gasteiger partial charge is 0.483 e. The molecule has 1 unspecified atom stereocenters. The molecule has 0 aliphatic carbocycles. The number of hydrogen-bond donors (Lipinski definition) is 1. The number of benzene rings is 1. The highest BCUT2D eigenvalue weighted by atomic mass is 16.5. The number of methoxy groups -OCH3 is 1. The maximum Gasteiger partial charge on any atom is 0.407 e. The Balaban J connectivity index is 2.18. The SMILES string of the molecule is COC1=Nc2cccc(C(C)(C)C)c2C12CCN(C(=O)O)C2. The summed E-state index contributed by atoms with van der Waals surface area (Å²) < 4.78 is 5.56. The number of fused-ring (bicyclic) bond motifs is 2. The summed E-state index contributed by atoms with van der Waals surface area (Å²) in [6, 6.07) is 6.12. The lowest BCUT2D eigenvalue weighted by atomic mass is 9.72. The van der Waals surface area contributed by atoms with E-state index in [1.54, 1.807) is 7.11 Å². The molecule has 1 aromatic rings. The zero-order valence-electron chi connectivity index (χ0n) is 13.5. The predicted molar refractivity (Wildman–Crippen MR) is 85.1 cm³/mol. The van der Waals surface area contributed by atoms with E-state index in [-0.39, 0.29) is 5.41 Å². The van der Waals surface area contributed by atoms with Crippen molar-refractivity contribution < 1.29 is 14.6 Å². The summed E-state index contributed by atoms with van der Waals surface area (Å²) in [6.07, 6.45) is -0.166. The van der Waals surface area contributed by atoms with Crippen molar-refractivity contribution in [3.63, 3.8) is 0 Å². The number of aliphatic imine (C=N–C) groups is 1. The molecule has 22 heavy (non-hydrogen) atoms. The molecule has 1 saturated heterocycles. The van der Waals surface area contributed by atoms with Crippen LogP contribution in [0, 0.1) is 0 Å². The molecule has 1 spiro atoms. The minimum Gasteiger partial charge on any atom is -0.483 e. The second kappa shape index (κ2) is 4.73. The lowest BCUT2D eigenvalue weighted by Gasteiger charge is -2.31. The van der Waals surface area contributed by atoms with E-state index in [0.717, 1.165) is 11.3 Å².